The van der Waals surface area contributed by atoms with E-state index in [0.29, 0.717) is 0 Å². The van der Waals surface area contributed by atoms with Gasteiger partial charge in [-0.1, -0.05) is 6.07 Å². The number of carbonyl (C=O) groups is 1. The Bertz CT molecular complexity index is 678. The van der Waals surface area contributed by atoms with Crippen molar-refractivity contribution in [3.8, 4) is 5.75 Å². The quantitative estimate of drug-likeness (QED) is 0.672. The highest BCUT2D eigenvalue weighted by Crippen LogP contribution is 2.22. The first-order chi connectivity index (χ1) is 10.1. The van der Waals surface area contributed by atoms with E-state index in [1.165, 1.54) is 36.5 Å². The predicted octanol–water partition coefficient (Wildman–Crippen LogP) is 2.15. The van der Waals surface area contributed by atoms with Crippen LogP contribution in [0.3, 0.4) is 0 Å². The van der Waals surface area contributed by atoms with Gasteiger partial charge in [-0.15, -0.1) is 0 Å². The summed E-state index contributed by atoms with van der Waals surface area (Å²) in [7, 11) is 0. The summed E-state index contributed by atoms with van der Waals surface area (Å²) in [6, 6.07) is 8.12. The molecule has 7 nitrogen and oxygen atoms in total. The molecule has 2 rings (SSSR count). The third-order valence-corrected chi connectivity index (χ3v) is 2.39. The Morgan fingerprint density at radius 3 is 2.90 bits per heavy atom. The SMILES string of the molecule is O=C(COc1cccnc1[N+](=O)[O-])Nc1cccc(F)c1. The zero-order valence-corrected chi connectivity index (χ0v) is 10.7. The van der Waals surface area contributed by atoms with Gasteiger partial charge in [0.15, 0.2) is 6.61 Å². The van der Waals surface area contributed by atoms with Crippen molar-refractivity contribution in [1.82, 2.24) is 4.98 Å². The van der Waals surface area contributed by atoms with Crippen molar-refractivity contribution < 1.29 is 18.8 Å². The van der Waals surface area contributed by atoms with Crippen LogP contribution in [0.5, 0.6) is 5.75 Å². The first-order valence-corrected chi connectivity index (χ1v) is 5.84. The van der Waals surface area contributed by atoms with Crippen molar-refractivity contribution in [2.24, 2.45) is 0 Å². The summed E-state index contributed by atoms with van der Waals surface area (Å²) in [5.41, 5.74) is 0.268. The van der Waals surface area contributed by atoms with Crippen molar-refractivity contribution in [2.45, 2.75) is 0 Å². The van der Waals surface area contributed by atoms with Crippen molar-refractivity contribution in [2.75, 3.05) is 11.9 Å². The second kappa shape index (κ2) is 6.42. The Morgan fingerprint density at radius 1 is 1.38 bits per heavy atom. The largest absolute Gasteiger partial charge is 0.476 e. The van der Waals surface area contributed by atoms with E-state index in [0.717, 1.165) is 6.07 Å². The van der Waals surface area contributed by atoms with Crippen molar-refractivity contribution in [1.29, 1.82) is 0 Å². The summed E-state index contributed by atoms with van der Waals surface area (Å²) >= 11 is 0. The molecule has 0 unspecified atom stereocenters. The number of hydrogen-bond acceptors (Lipinski definition) is 5. The number of nitrogens with zero attached hydrogens (tertiary/aromatic N) is 2. The lowest BCUT2D eigenvalue weighted by Gasteiger charge is -2.07. The van der Waals surface area contributed by atoms with Crippen LogP contribution in [0.1, 0.15) is 0 Å². The summed E-state index contributed by atoms with van der Waals surface area (Å²) in [4.78, 5) is 25.2. The molecule has 1 N–H and O–H groups in total. The summed E-state index contributed by atoms with van der Waals surface area (Å²) in [6.07, 6.45) is 1.25. The van der Waals surface area contributed by atoms with Crippen LogP contribution in [0.25, 0.3) is 0 Å². The van der Waals surface area contributed by atoms with Gasteiger partial charge in [-0.25, -0.2) is 4.39 Å². The minimum Gasteiger partial charge on any atom is -0.476 e. The van der Waals surface area contributed by atoms with Crippen molar-refractivity contribution in [3.63, 3.8) is 0 Å². The number of benzene rings is 1. The van der Waals surface area contributed by atoms with Crippen LogP contribution in [-0.4, -0.2) is 22.4 Å². The second-order valence-corrected chi connectivity index (χ2v) is 3.93. The van der Waals surface area contributed by atoms with Gasteiger partial charge in [-0.05, 0) is 40.2 Å². The van der Waals surface area contributed by atoms with Gasteiger partial charge >= 0.3 is 5.82 Å². The number of anilines is 1. The Kier molecular flexibility index (Phi) is 4.39. The number of ether oxygens (including phenoxy) is 1. The fourth-order valence-corrected chi connectivity index (χ4v) is 1.54. The zero-order valence-electron chi connectivity index (χ0n) is 10.7. The summed E-state index contributed by atoms with van der Waals surface area (Å²) in [5.74, 6) is -1.65. The number of hydrogen-bond donors (Lipinski definition) is 1. The highest BCUT2D eigenvalue weighted by atomic mass is 19.1. The average molecular weight is 291 g/mol. The van der Waals surface area contributed by atoms with E-state index in [2.05, 4.69) is 10.3 Å². The van der Waals surface area contributed by atoms with Gasteiger partial charge in [0.05, 0.1) is 0 Å². The van der Waals surface area contributed by atoms with Crippen LogP contribution in [-0.2, 0) is 4.79 Å². The first kappa shape index (κ1) is 14.4. The normalized spacial score (nSPS) is 9.95. The number of nitro groups is 1. The van der Waals surface area contributed by atoms with Gasteiger partial charge in [0.25, 0.3) is 5.91 Å². The monoisotopic (exact) mass is 291 g/mol. The van der Waals surface area contributed by atoms with E-state index in [4.69, 9.17) is 4.74 Å². The standard InChI is InChI=1S/C13H10FN3O4/c14-9-3-1-4-10(7-9)16-12(18)8-21-11-5-2-6-15-13(11)17(19)20/h1-7H,8H2,(H,16,18). The fraction of sp³-hybridized carbons (Fsp3) is 0.0769. The topological polar surface area (TPSA) is 94.4 Å². The molecule has 0 saturated heterocycles. The number of carbonyl (C=O) groups excluding carboxylic acids is 1. The molecule has 0 bridgehead atoms. The number of nitrogens with one attached hydrogen (secondary N) is 1. The highest BCUT2D eigenvalue weighted by Gasteiger charge is 2.16. The Morgan fingerprint density at radius 2 is 2.19 bits per heavy atom. The van der Waals surface area contributed by atoms with Crippen molar-refractivity contribution >= 4 is 17.4 Å². The van der Waals surface area contributed by atoms with Gasteiger partial charge in [-0.2, -0.15) is 0 Å². The third-order valence-electron chi connectivity index (χ3n) is 2.39. The summed E-state index contributed by atoms with van der Waals surface area (Å²) < 4.78 is 18.0. The molecule has 1 heterocycles. The van der Waals surface area contributed by atoms with Gasteiger partial charge < -0.3 is 20.2 Å². The highest BCUT2D eigenvalue weighted by molar-refractivity contribution is 5.91. The maximum Gasteiger partial charge on any atom is 0.406 e. The fourth-order valence-electron chi connectivity index (χ4n) is 1.54. The maximum atomic E-state index is 12.9. The summed E-state index contributed by atoms with van der Waals surface area (Å²) in [6.45, 7) is -0.455. The van der Waals surface area contributed by atoms with E-state index in [1.807, 2.05) is 0 Å². The zero-order chi connectivity index (χ0) is 15.2. The van der Waals surface area contributed by atoms with E-state index < -0.39 is 29.1 Å². The molecule has 0 saturated carbocycles. The molecule has 108 valence electrons. The van der Waals surface area contributed by atoms with Crippen LogP contribution >= 0.6 is 0 Å². The number of rotatable bonds is 5. The minimum absolute atomic E-state index is 0.114. The number of aromatic nitrogens is 1. The molecule has 21 heavy (non-hydrogen) atoms. The molecule has 0 radical (unpaired) electrons. The molecule has 2 aromatic rings. The van der Waals surface area contributed by atoms with Gasteiger partial charge in [0.1, 0.15) is 12.0 Å². The number of halogens is 1. The molecule has 0 aliphatic heterocycles. The van der Waals surface area contributed by atoms with Crippen LogP contribution in [0.4, 0.5) is 15.9 Å². The molecule has 0 aliphatic rings. The van der Waals surface area contributed by atoms with E-state index in [-0.39, 0.29) is 11.4 Å². The van der Waals surface area contributed by atoms with Crippen LogP contribution in [0.2, 0.25) is 0 Å². The van der Waals surface area contributed by atoms with Crippen molar-refractivity contribution in [3.05, 3.63) is 58.5 Å². The molecular weight excluding hydrogens is 281 g/mol. The van der Waals surface area contributed by atoms with Gasteiger partial charge in [0, 0.05) is 5.69 Å². The molecule has 0 spiro atoms. The number of pyridine rings is 1. The van der Waals surface area contributed by atoms with E-state index >= 15 is 0 Å². The first-order valence-electron chi connectivity index (χ1n) is 5.84. The van der Waals surface area contributed by atoms with Gasteiger partial charge in [-0.3, -0.25) is 4.79 Å². The third kappa shape index (κ3) is 3.96. The Labute approximate surface area is 118 Å². The van der Waals surface area contributed by atoms with E-state index in [9.17, 15) is 19.3 Å². The van der Waals surface area contributed by atoms with Crippen LogP contribution in [0, 0.1) is 15.9 Å². The molecule has 0 aliphatic carbocycles. The Hall–Kier alpha value is -3.03. The molecule has 0 fully saturated rings. The number of amides is 1. The molecule has 1 aromatic heterocycles. The second-order valence-electron chi connectivity index (χ2n) is 3.93. The van der Waals surface area contributed by atoms with E-state index in [1.54, 1.807) is 0 Å². The maximum absolute atomic E-state index is 12.9. The Balaban J connectivity index is 1.97. The minimum atomic E-state index is -0.709. The molecule has 0 atom stereocenters. The summed E-state index contributed by atoms with van der Waals surface area (Å²) in [5, 5.41) is 13.1. The lowest BCUT2D eigenvalue weighted by Crippen LogP contribution is -2.20. The molecular formula is C13H10FN3O4. The van der Waals surface area contributed by atoms with Crippen LogP contribution < -0.4 is 10.1 Å². The lowest BCUT2D eigenvalue weighted by molar-refractivity contribution is -0.390. The molecule has 1 amide bonds. The van der Waals surface area contributed by atoms with Crippen LogP contribution in [0.15, 0.2) is 42.6 Å². The predicted molar refractivity (Wildman–Crippen MR) is 71.4 cm³/mol. The van der Waals surface area contributed by atoms with Gasteiger partial charge in [0.2, 0.25) is 5.75 Å². The smallest absolute Gasteiger partial charge is 0.406 e. The average Bonchev–Trinajstić information content (AvgIpc) is 2.45. The molecule has 1 aromatic carbocycles. The molecule has 8 heteroatoms. The lowest BCUT2D eigenvalue weighted by atomic mass is 10.3.